The van der Waals surface area contributed by atoms with Crippen LogP contribution in [0, 0.1) is 0 Å². The topological polar surface area (TPSA) is 66.8 Å². The number of rotatable bonds is 3. The van der Waals surface area contributed by atoms with Crippen LogP contribution in [0.15, 0.2) is 18.2 Å². The van der Waals surface area contributed by atoms with Gasteiger partial charge in [0.05, 0.1) is 19.1 Å². The van der Waals surface area contributed by atoms with E-state index >= 15 is 0 Å². The highest BCUT2D eigenvalue weighted by atomic mass is 16.5. The molecule has 0 unspecified atom stereocenters. The van der Waals surface area contributed by atoms with Crippen molar-refractivity contribution in [3.8, 4) is 0 Å². The fraction of sp³-hybridized carbons (Fsp3) is 0.529. The summed E-state index contributed by atoms with van der Waals surface area (Å²) in [6.07, 6.45) is 4.08. The molecule has 118 valence electrons. The van der Waals surface area contributed by atoms with Gasteiger partial charge < -0.3 is 14.7 Å². The van der Waals surface area contributed by atoms with Gasteiger partial charge in [-0.25, -0.2) is 0 Å². The van der Waals surface area contributed by atoms with E-state index in [-0.39, 0.29) is 12.3 Å². The average Bonchev–Trinajstić information content (AvgIpc) is 2.53. The SMILES string of the molecule is O=C(O)C[C@H]1CN(C(=O)c2ccc3c(c2)CCCC3)CCO1. The summed E-state index contributed by atoms with van der Waals surface area (Å²) in [4.78, 5) is 25.1. The van der Waals surface area contributed by atoms with Crippen molar-refractivity contribution < 1.29 is 19.4 Å². The maximum atomic E-state index is 12.6. The second-order valence-corrected chi connectivity index (χ2v) is 6.03. The number of carboxylic acids is 1. The van der Waals surface area contributed by atoms with Crippen LogP contribution in [-0.4, -0.2) is 47.7 Å². The minimum Gasteiger partial charge on any atom is -0.481 e. The van der Waals surface area contributed by atoms with Crippen LogP contribution in [0.4, 0.5) is 0 Å². The standard InChI is InChI=1S/C17H21NO4/c19-16(20)10-15-11-18(7-8-22-15)17(21)14-6-5-12-3-1-2-4-13(12)9-14/h5-6,9,15H,1-4,7-8,10-11H2,(H,19,20)/t15-/m0/s1. The fourth-order valence-corrected chi connectivity index (χ4v) is 3.27. The molecule has 1 aromatic carbocycles. The number of aryl methyl sites for hydroxylation is 2. The number of hydrogen-bond acceptors (Lipinski definition) is 3. The Morgan fingerprint density at radius 2 is 2.00 bits per heavy atom. The Kier molecular flexibility index (Phi) is 4.43. The van der Waals surface area contributed by atoms with Crippen LogP contribution in [0.25, 0.3) is 0 Å². The summed E-state index contributed by atoms with van der Waals surface area (Å²) in [5.74, 6) is -0.917. The Morgan fingerprint density at radius 3 is 2.77 bits per heavy atom. The Labute approximate surface area is 129 Å². The lowest BCUT2D eigenvalue weighted by Gasteiger charge is -2.32. The third-order valence-corrected chi connectivity index (χ3v) is 4.42. The van der Waals surface area contributed by atoms with E-state index in [0.717, 1.165) is 12.8 Å². The average molecular weight is 303 g/mol. The molecule has 0 aromatic heterocycles. The molecule has 0 bridgehead atoms. The Balaban J connectivity index is 1.71. The molecule has 1 aliphatic heterocycles. The van der Waals surface area contributed by atoms with E-state index in [1.165, 1.54) is 24.0 Å². The maximum absolute atomic E-state index is 12.6. The van der Waals surface area contributed by atoms with Gasteiger partial charge in [-0.15, -0.1) is 0 Å². The predicted octanol–water partition coefficient (Wildman–Crippen LogP) is 1.88. The van der Waals surface area contributed by atoms with Crippen LogP contribution >= 0.6 is 0 Å². The van der Waals surface area contributed by atoms with Crippen molar-refractivity contribution in [2.75, 3.05) is 19.7 Å². The summed E-state index contributed by atoms with van der Waals surface area (Å²) < 4.78 is 5.42. The number of morpholine rings is 1. The maximum Gasteiger partial charge on any atom is 0.306 e. The number of aliphatic carboxylic acids is 1. The summed E-state index contributed by atoms with van der Waals surface area (Å²) in [6.45, 7) is 1.27. The van der Waals surface area contributed by atoms with Crippen LogP contribution in [0.3, 0.4) is 0 Å². The number of benzene rings is 1. The normalized spacial score (nSPS) is 21.3. The molecule has 22 heavy (non-hydrogen) atoms. The number of nitrogens with zero attached hydrogens (tertiary/aromatic N) is 1. The number of amides is 1. The van der Waals surface area contributed by atoms with Gasteiger partial charge in [0.2, 0.25) is 0 Å². The van der Waals surface area contributed by atoms with Gasteiger partial charge in [-0.1, -0.05) is 6.07 Å². The third-order valence-electron chi connectivity index (χ3n) is 4.42. The number of carbonyl (C=O) groups excluding carboxylic acids is 1. The molecule has 1 aromatic rings. The molecule has 1 atom stereocenters. The van der Waals surface area contributed by atoms with Crippen molar-refractivity contribution in [1.82, 2.24) is 4.90 Å². The van der Waals surface area contributed by atoms with Gasteiger partial charge in [-0.05, 0) is 48.9 Å². The van der Waals surface area contributed by atoms with Gasteiger partial charge in [0.1, 0.15) is 0 Å². The molecular weight excluding hydrogens is 282 g/mol. The molecule has 0 radical (unpaired) electrons. The van der Waals surface area contributed by atoms with Crippen LogP contribution in [-0.2, 0) is 22.4 Å². The van der Waals surface area contributed by atoms with Crippen molar-refractivity contribution in [3.63, 3.8) is 0 Å². The highest BCUT2D eigenvalue weighted by molar-refractivity contribution is 5.94. The van der Waals surface area contributed by atoms with E-state index in [1.807, 2.05) is 12.1 Å². The lowest BCUT2D eigenvalue weighted by molar-refractivity contribution is -0.141. The molecule has 3 rings (SSSR count). The molecule has 1 aliphatic carbocycles. The zero-order valence-corrected chi connectivity index (χ0v) is 12.6. The summed E-state index contributed by atoms with van der Waals surface area (Å²) in [6, 6.07) is 5.98. The second-order valence-electron chi connectivity index (χ2n) is 6.03. The highest BCUT2D eigenvalue weighted by Gasteiger charge is 2.27. The van der Waals surface area contributed by atoms with Crippen LogP contribution < -0.4 is 0 Å². The lowest BCUT2D eigenvalue weighted by Crippen LogP contribution is -2.46. The first-order valence-electron chi connectivity index (χ1n) is 7.88. The molecule has 1 N–H and O–H groups in total. The minimum atomic E-state index is -0.895. The fourth-order valence-electron chi connectivity index (χ4n) is 3.27. The first-order valence-corrected chi connectivity index (χ1v) is 7.88. The molecule has 1 amide bonds. The van der Waals surface area contributed by atoms with Crippen molar-refractivity contribution in [2.45, 2.75) is 38.2 Å². The lowest BCUT2D eigenvalue weighted by atomic mass is 9.90. The zero-order chi connectivity index (χ0) is 15.5. The van der Waals surface area contributed by atoms with Gasteiger partial charge in [0.15, 0.2) is 0 Å². The van der Waals surface area contributed by atoms with Crippen molar-refractivity contribution in [3.05, 3.63) is 34.9 Å². The third kappa shape index (κ3) is 3.30. The summed E-state index contributed by atoms with van der Waals surface area (Å²) in [5.41, 5.74) is 3.35. The number of carbonyl (C=O) groups is 2. The first kappa shape index (κ1) is 15.0. The largest absolute Gasteiger partial charge is 0.481 e. The molecule has 5 nitrogen and oxygen atoms in total. The Morgan fingerprint density at radius 1 is 1.23 bits per heavy atom. The molecular formula is C17H21NO4. The molecule has 2 aliphatic rings. The predicted molar refractivity (Wildman–Crippen MR) is 81.0 cm³/mol. The number of carboxylic acid groups (broad SMARTS) is 1. The van der Waals surface area contributed by atoms with Gasteiger partial charge in [-0.2, -0.15) is 0 Å². The van der Waals surface area contributed by atoms with Gasteiger partial charge in [0.25, 0.3) is 5.91 Å². The van der Waals surface area contributed by atoms with Crippen LogP contribution in [0.1, 0.15) is 40.7 Å². The van der Waals surface area contributed by atoms with E-state index in [2.05, 4.69) is 6.07 Å². The van der Waals surface area contributed by atoms with Crippen molar-refractivity contribution >= 4 is 11.9 Å². The van der Waals surface area contributed by atoms with Gasteiger partial charge >= 0.3 is 5.97 Å². The van der Waals surface area contributed by atoms with Crippen LogP contribution in [0.2, 0.25) is 0 Å². The number of fused-ring (bicyclic) bond motifs is 1. The van der Waals surface area contributed by atoms with Crippen molar-refractivity contribution in [2.24, 2.45) is 0 Å². The molecule has 0 spiro atoms. The minimum absolute atomic E-state index is 0.0212. The molecule has 1 saturated heterocycles. The van der Waals surface area contributed by atoms with Gasteiger partial charge in [-0.3, -0.25) is 9.59 Å². The Hall–Kier alpha value is -1.88. The summed E-state index contributed by atoms with van der Waals surface area (Å²) in [7, 11) is 0. The van der Waals surface area contributed by atoms with E-state index in [9.17, 15) is 9.59 Å². The first-order chi connectivity index (χ1) is 10.6. The molecule has 1 fully saturated rings. The smallest absolute Gasteiger partial charge is 0.306 e. The number of ether oxygens (including phenoxy) is 1. The molecule has 1 heterocycles. The monoisotopic (exact) mass is 303 g/mol. The van der Waals surface area contributed by atoms with E-state index in [1.54, 1.807) is 4.90 Å². The summed E-state index contributed by atoms with van der Waals surface area (Å²) in [5, 5.41) is 8.86. The van der Waals surface area contributed by atoms with Gasteiger partial charge in [0, 0.05) is 18.7 Å². The summed E-state index contributed by atoms with van der Waals surface area (Å²) >= 11 is 0. The molecule has 5 heteroatoms. The van der Waals surface area contributed by atoms with E-state index in [0.29, 0.717) is 25.3 Å². The quantitative estimate of drug-likeness (QED) is 0.926. The number of hydrogen-bond donors (Lipinski definition) is 1. The molecule has 0 saturated carbocycles. The highest BCUT2D eigenvalue weighted by Crippen LogP contribution is 2.23. The zero-order valence-electron chi connectivity index (χ0n) is 12.6. The Bertz CT molecular complexity index is 584. The van der Waals surface area contributed by atoms with Crippen LogP contribution in [0.5, 0.6) is 0 Å². The van der Waals surface area contributed by atoms with Crippen molar-refractivity contribution in [1.29, 1.82) is 0 Å². The second kappa shape index (κ2) is 6.48. The van der Waals surface area contributed by atoms with E-state index in [4.69, 9.17) is 9.84 Å². The van der Waals surface area contributed by atoms with E-state index < -0.39 is 12.1 Å².